The third-order valence-electron chi connectivity index (χ3n) is 2.50. The van der Waals surface area contributed by atoms with Crippen LogP contribution in [0, 0.1) is 5.92 Å². The van der Waals surface area contributed by atoms with Crippen molar-refractivity contribution in [2.24, 2.45) is 11.7 Å². The lowest BCUT2D eigenvalue weighted by molar-refractivity contribution is 0.274. The Morgan fingerprint density at radius 1 is 1.33 bits per heavy atom. The van der Waals surface area contributed by atoms with Crippen molar-refractivity contribution in [3.8, 4) is 0 Å². The van der Waals surface area contributed by atoms with Gasteiger partial charge in [0.2, 0.25) is 0 Å². The van der Waals surface area contributed by atoms with Crippen molar-refractivity contribution in [3.05, 3.63) is 0 Å². The van der Waals surface area contributed by atoms with Crippen LogP contribution in [0.25, 0.3) is 0 Å². The molecule has 0 aliphatic rings. The Labute approximate surface area is 77.1 Å². The zero-order chi connectivity index (χ0) is 9.56. The predicted molar refractivity (Wildman–Crippen MR) is 55.2 cm³/mol. The maximum absolute atomic E-state index is 6.02. The minimum absolute atomic E-state index is 0.339. The summed E-state index contributed by atoms with van der Waals surface area (Å²) < 4.78 is 0. The predicted octanol–water partition coefficient (Wildman–Crippen LogP) is 1.70. The van der Waals surface area contributed by atoms with E-state index in [1.54, 1.807) is 0 Å². The Hall–Kier alpha value is -0.0800. The summed E-state index contributed by atoms with van der Waals surface area (Å²) in [6.45, 7) is 8.81. The molecule has 0 aliphatic heterocycles. The molecule has 0 amide bonds. The van der Waals surface area contributed by atoms with Gasteiger partial charge in [0, 0.05) is 12.6 Å². The average molecular weight is 172 g/mol. The molecule has 0 spiro atoms. The van der Waals surface area contributed by atoms with Crippen LogP contribution in [0.1, 0.15) is 33.6 Å². The van der Waals surface area contributed by atoms with E-state index in [1.165, 1.54) is 12.8 Å². The Morgan fingerprint density at radius 3 is 2.33 bits per heavy atom. The van der Waals surface area contributed by atoms with Crippen molar-refractivity contribution in [3.63, 3.8) is 0 Å². The zero-order valence-corrected chi connectivity index (χ0v) is 9.01. The highest BCUT2D eigenvalue weighted by molar-refractivity contribution is 4.71. The van der Waals surface area contributed by atoms with Crippen LogP contribution in [0.3, 0.4) is 0 Å². The molecular formula is C10H24N2. The number of hydrogen-bond acceptors (Lipinski definition) is 2. The molecule has 0 bridgehead atoms. The van der Waals surface area contributed by atoms with Crippen LogP contribution in [0.2, 0.25) is 0 Å². The highest BCUT2D eigenvalue weighted by Gasteiger charge is 2.11. The monoisotopic (exact) mass is 172 g/mol. The van der Waals surface area contributed by atoms with E-state index < -0.39 is 0 Å². The first-order valence-electron chi connectivity index (χ1n) is 5.05. The van der Waals surface area contributed by atoms with Crippen LogP contribution in [-0.2, 0) is 0 Å². The zero-order valence-electron chi connectivity index (χ0n) is 9.01. The molecular weight excluding hydrogens is 148 g/mol. The summed E-state index contributed by atoms with van der Waals surface area (Å²) in [6, 6.07) is 0.339. The number of rotatable bonds is 6. The molecule has 2 atom stereocenters. The van der Waals surface area contributed by atoms with Gasteiger partial charge < -0.3 is 10.6 Å². The molecule has 12 heavy (non-hydrogen) atoms. The molecule has 0 aromatic heterocycles. The van der Waals surface area contributed by atoms with E-state index in [4.69, 9.17) is 5.73 Å². The molecule has 0 heterocycles. The van der Waals surface area contributed by atoms with Crippen LogP contribution >= 0.6 is 0 Å². The van der Waals surface area contributed by atoms with Gasteiger partial charge in [-0.3, -0.25) is 0 Å². The first-order chi connectivity index (χ1) is 5.61. The maximum Gasteiger partial charge on any atom is 0.0193 e. The maximum atomic E-state index is 6.02. The number of likely N-dealkylation sites (N-methyl/N-ethyl adjacent to an activating group) is 1. The van der Waals surface area contributed by atoms with E-state index in [9.17, 15) is 0 Å². The van der Waals surface area contributed by atoms with Crippen LogP contribution in [0.15, 0.2) is 0 Å². The minimum Gasteiger partial charge on any atom is -0.326 e. The van der Waals surface area contributed by atoms with Crippen LogP contribution in [0.4, 0.5) is 0 Å². The van der Waals surface area contributed by atoms with Crippen LogP contribution < -0.4 is 5.73 Å². The lowest BCUT2D eigenvalue weighted by Gasteiger charge is -2.24. The fourth-order valence-corrected chi connectivity index (χ4v) is 1.32. The Balaban J connectivity index is 3.59. The summed E-state index contributed by atoms with van der Waals surface area (Å²) in [4.78, 5) is 2.32. The third-order valence-corrected chi connectivity index (χ3v) is 2.50. The van der Waals surface area contributed by atoms with Gasteiger partial charge >= 0.3 is 0 Å². The molecule has 2 N–H and O–H groups in total. The summed E-state index contributed by atoms with van der Waals surface area (Å²) in [5.74, 6) is 0.643. The van der Waals surface area contributed by atoms with E-state index in [1.807, 2.05) is 0 Å². The molecule has 0 aromatic carbocycles. The van der Waals surface area contributed by atoms with Crippen molar-refractivity contribution < 1.29 is 0 Å². The summed E-state index contributed by atoms with van der Waals surface area (Å²) in [5.41, 5.74) is 6.02. The van der Waals surface area contributed by atoms with E-state index in [2.05, 4.69) is 32.7 Å². The summed E-state index contributed by atoms with van der Waals surface area (Å²) >= 11 is 0. The molecule has 0 saturated heterocycles. The Bertz CT molecular complexity index is 104. The van der Waals surface area contributed by atoms with E-state index in [0.29, 0.717) is 12.0 Å². The van der Waals surface area contributed by atoms with Gasteiger partial charge in [0.15, 0.2) is 0 Å². The van der Waals surface area contributed by atoms with Gasteiger partial charge in [-0.25, -0.2) is 0 Å². The van der Waals surface area contributed by atoms with Crippen molar-refractivity contribution >= 4 is 0 Å². The molecule has 0 saturated carbocycles. The van der Waals surface area contributed by atoms with E-state index >= 15 is 0 Å². The van der Waals surface area contributed by atoms with Gasteiger partial charge in [-0.05, 0) is 25.9 Å². The molecule has 0 rings (SSSR count). The third kappa shape index (κ3) is 4.73. The largest absolute Gasteiger partial charge is 0.326 e. The highest BCUT2D eigenvalue weighted by Crippen LogP contribution is 2.06. The van der Waals surface area contributed by atoms with Gasteiger partial charge in [0.05, 0.1) is 0 Å². The summed E-state index contributed by atoms with van der Waals surface area (Å²) in [5, 5.41) is 0. The van der Waals surface area contributed by atoms with Crippen molar-refractivity contribution in [1.82, 2.24) is 4.90 Å². The average Bonchev–Trinajstić information content (AvgIpc) is 2.03. The SMILES string of the molecule is CCCN(C)CC(N)C(C)CC. The number of hydrogen-bond donors (Lipinski definition) is 1. The molecule has 74 valence electrons. The summed E-state index contributed by atoms with van der Waals surface area (Å²) in [7, 11) is 2.14. The lowest BCUT2D eigenvalue weighted by Crippen LogP contribution is -2.39. The first-order valence-corrected chi connectivity index (χ1v) is 5.05. The van der Waals surface area contributed by atoms with Gasteiger partial charge in [0.25, 0.3) is 0 Å². The second kappa shape index (κ2) is 6.44. The highest BCUT2D eigenvalue weighted by atomic mass is 15.1. The van der Waals surface area contributed by atoms with Crippen molar-refractivity contribution in [2.75, 3.05) is 20.1 Å². The van der Waals surface area contributed by atoms with Gasteiger partial charge in [-0.1, -0.05) is 27.2 Å². The fourth-order valence-electron chi connectivity index (χ4n) is 1.32. The molecule has 0 radical (unpaired) electrons. The Kier molecular flexibility index (Phi) is 6.39. The first kappa shape index (κ1) is 11.9. The smallest absolute Gasteiger partial charge is 0.0193 e. The van der Waals surface area contributed by atoms with Gasteiger partial charge in [-0.15, -0.1) is 0 Å². The quantitative estimate of drug-likeness (QED) is 0.661. The minimum atomic E-state index is 0.339. The second-order valence-electron chi connectivity index (χ2n) is 3.81. The van der Waals surface area contributed by atoms with Crippen LogP contribution in [-0.4, -0.2) is 31.1 Å². The normalized spacial score (nSPS) is 16.5. The molecule has 2 heteroatoms. The number of nitrogens with two attached hydrogens (primary N) is 1. The molecule has 0 aliphatic carbocycles. The number of nitrogens with zero attached hydrogens (tertiary/aromatic N) is 1. The topological polar surface area (TPSA) is 29.3 Å². The standard InChI is InChI=1S/C10H24N2/c1-5-7-12(4)8-10(11)9(3)6-2/h9-10H,5-8,11H2,1-4H3. The van der Waals surface area contributed by atoms with E-state index in [0.717, 1.165) is 13.1 Å². The Morgan fingerprint density at radius 2 is 1.92 bits per heavy atom. The van der Waals surface area contributed by atoms with Crippen LogP contribution in [0.5, 0.6) is 0 Å². The second-order valence-corrected chi connectivity index (χ2v) is 3.81. The molecule has 2 unspecified atom stereocenters. The molecule has 0 aromatic rings. The van der Waals surface area contributed by atoms with Gasteiger partial charge in [0.1, 0.15) is 0 Å². The van der Waals surface area contributed by atoms with Crippen molar-refractivity contribution in [2.45, 2.75) is 39.7 Å². The van der Waals surface area contributed by atoms with Gasteiger partial charge in [-0.2, -0.15) is 0 Å². The molecule has 2 nitrogen and oxygen atoms in total. The molecule has 0 fully saturated rings. The summed E-state index contributed by atoms with van der Waals surface area (Å²) in [6.07, 6.45) is 2.39. The fraction of sp³-hybridized carbons (Fsp3) is 1.00. The van der Waals surface area contributed by atoms with Crippen molar-refractivity contribution in [1.29, 1.82) is 0 Å². The lowest BCUT2D eigenvalue weighted by atomic mass is 10.00. The van der Waals surface area contributed by atoms with E-state index in [-0.39, 0.29) is 0 Å².